The Morgan fingerprint density at radius 3 is 2.69 bits per heavy atom. The Bertz CT molecular complexity index is 900. The van der Waals surface area contributed by atoms with Gasteiger partial charge in [-0.2, -0.15) is 0 Å². The molecular weight excluding hydrogens is 336 g/mol. The zero-order valence-corrected chi connectivity index (χ0v) is 14.0. The van der Waals surface area contributed by atoms with E-state index in [9.17, 15) is 14.9 Å². The van der Waals surface area contributed by atoms with Crippen LogP contribution in [0.1, 0.15) is 24.5 Å². The third kappa shape index (κ3) is 3.94. The van der Waals surface area contributed by atoms with E-state index in [1.807, 2.05) is 31.2 Å². The van der Waals surface area contributed by atoms with Crippen molar-refractivity contribution in [1.29, 1.82) is 0 Å². The molecule has 0 amide bonds. The highest BCUT2D eigenvalue weighted by atomic mass is 16.6. The number of nitro groups is 1. The summed E-state index contributed by atoms with van der Waals surface area (Å²) in [7, 11) is 0. The van der Waals surface area contributed by atoms with E-state index >= 15 is 0 Å². The summed E-state index contributed by atoms with van der Waals surface area (Å²) < 4.78 is 10.7. The molecule has 0 aromatic heterocycles. The van der Waals surface area contributed by atoms with Crippen LogP contribution in [0.15, 0.2) is 59.2 Å². The first-order valence-corrected chi connectivity index (χ1v) is 8.07. The highest BCUT2D eigenvalue weighted by molar-refractivity contribution is 6.13. The van der Waals surface area contributed by atoms with Gasteiger partial charge >= 0.3 is 5.97 Å². The summed E-state index contributed by atoms with van der Waals surface area (Å²) in [5, 5.41) is 10.9. The molecule has 0 N–H and O–H groups in total. The van der Waals surface area contributed by atoms with Crippen molar-refractivity contribution in [2.45, 2.75) is 13.3 Å². The van der Waals surface area contributed by atoms with Crippen LogP contribution >= 0.6 is 0 Å². The molecule has 0 unspecified atom stereocenters. The molecule has 0 spiro atoms. The number of carbonyl (C=O) groups excluding carboxylic acids is 1. The maximum absolute atomic E-state index is 12.0. The number of rotatable bonds is 6. The molecular formula is C19H16N2O5. The molecule has 0 bridgehead atoms. The molecule has 0 atom stereocenters. The Morgan fingerprint density at radius 1 is 1.23 bits per heavy atom. The van der Waals surface area contributed by atoms with E-state index in [-0.39, 0.29) is 17.3 Å². The third-order valence-electron chi connectivity index (χ3n) is 3.58. The molecule has 0 radical (unpaired) electrons. The minimum Gasteiger partial charge on any atom is -0.494 e. The van der Waals surface area contributed by atoms with Crippen LogP contribution in [0.3, 0.4) is 0 Å². The number of non-ortho nitro benzene ring substituents is 1. The fraction of sp³-hybridized carbons (Fsp3) is 0.158. The van der Waals surface area contributed by atoms with Gasteiger partial charge in [0.15, 0.2) is 5.70 Å². The molecule has 2 aromatic carbocycles. The lowest BCUT2D eigenvalue weighted by Gasteiger charge is -2.04. The fourth-order valence-corrected chi connectivity index (χ4v) is 2.32. The highest BCUT2D eigenvalue weighted by Crippen LogP contribution is 2.22. The lowest BCUT2D eigenvalue weighted by atomic mass is 10.2. The van der Waals surface area contributed by atoms with Gasteiger partial charge in [-0.1, -0.05) is 25.1 Å². The van der Waals surface area contributed by atoms with E-state index in [0.29, 0.717) is 12.2 Å². The molecule has 132 valence electrons. The molecule has 3 rings (SSSR count). The van der Waals surface area contributed by atoms with Crippen LogP contribution in [0, 0.1) is 10.1 Å². The van der Waals surface area contributed by atoms with Crippen molar-refractivity contribution in [1.82, 2.24) is 0 Å². The van der Waals surface area contributed by atoms with Crippen LogP contribution in [-0.2, 0) is 9.53 Å². The zero-order chi connectivity index (χ0) is 18.5. The summed E-state index contributed by atoms with van der Waals surface area (Å²) in [5.41, 5.74) is 1.18. The maximum Gasteiger partial charge on any atom is 0.363 e. The molecule has 0 aliphatic carbocycles. The van der Waals surface area contributed by atoms with Gasteiger partial charge in [0.2, 0.25) is 5.90 Å². The monoisotopic (exact) mass is 352 g/mol. The second-order valence-electron chi connectivity index (χ2n) is 5.56. The van der Waals surface area contributed by atoms with Gasteiger partial charge in [-0.25, -0.2) is 9.79 Å². The van der Waals surface area contributed by atoms with Crippen molar-refractivity contribution >= 4 is 23.6 Å². The van der Waals surface area contributed by atoms with E-state index in [1.54, 1.807) is 12.1 Å². The summed E-state index contributed by atoms with van der Waals surface area (Å²) in [6, 6.07) is 13.0. The molecule has 1 aliphatic rings. The minimum atomic E-state index is -0.599. The molecule has 7 nitrogen and oxygen atoms in total. The number of nitro benzene ring substituents is 1. The van der Waals surface area contributed by atoms with Crippen LogP contribution < -0.4 is 4.74 Å². The first-order chi connectivity index (χ1) is 12.6. The van der Waals surface area contributed by atoms with Crippen LogP contribution in [0.4, 0.5) is 5.69 Å². The lowest BCUT2D eigenvalue weighted by Crippen LogP contribution is -2.05. The Morgan fingerprint density at radius 2 is 2.00 bits per heavy atom. The van der Waals surface area contributed by atoms with E-state index < -0.39 is 10.9 Å². The van der Waals surface area contributed by atoms with Crippen molar-refractivity contribution in [2.75, 3.05) is 6.61 Å². The Hall–Kier alpha value is -3.48. The normalized spacial score (nSPS) is 14.9. The van der Waals surface area contributed by atoms with Crippen molar-refractivity contribution in [3.05, 3.63) is 75.5 Å². The van der Waals surface area contributed by atoms with Crippen molar-refractivity contribution in [3.8, 4) is 5.75 Å². The lowest BCUT2D eigenvalue weighted by molar-refractivity contribution is -0.384. The minimum absolute atomic E-state index is 0.0489. The number of hydrogen-bond donors (Lipinski definition) is 0. The number of cyclic esters (lactones) is 1. The average molecular weight is 352 g/mol. The molecule has 7 heteroatoms. The van der Waals surface area contributed by atoms with Crippen molar-refractivity contribution < 1.29 is 19.2 Å². The molecule has 1 heterocycles. The molecule has 0 saturated carbocycles. The second kappa shape index (κ2) is 7.60. The number of nitrogens with zero attached hydrogens (tertiary/aromatic N) is 2. The van der Waals surface area contributed by atoms with Gasteiger partial charge in [0, 0.05) is 17.7 Å². The Kier molecular flexibility index (Phi) is 5.07. The number of aliphatic imine (C=N–C) groups is 1. The third-order valence-corrected chi connectivity index (χ3v) is 3.58. The second-order valence-corrected chi connectivity index (χ2v) is 5.56. The molecule has 1 aliphatic heterocycles. The summed E-state index contributed by atoms with van der Waals surface area (Å²) >= 11 is 0. The molecule has 0 fully saturated rings. The number of esters is 1. The smallest absolute Gasteiger partial charge is 0.363 e. The van der Waals surface area contributed by atoms with E-state index in [2.05, 4.69) is 4.99 Å². The van der Waals surface area contributed by atoms with Gasteiger partial charge in [-0.05, 0) is 36.3 Å². The van der Waals surface area contributed by atoms with Gasteiger partial charge in [0.05, 0.1) is 11.5 Å². The Labute approximate surface area is 149 Å². The fourth-order valence-electron chi connectivity index (χ4n) is 2.32. The summed E-state index contributed by atoms with van der Waals surface area (Å²) in [6.07, 6.45) is 2.52. The van der Waals surface area contributed by atoms with Crippen molar-refractivity contribution in [2.24, 2.45) is 4.99 Å². The Balaban J connectivity index is 1.82. The highest BCUT2D eigenvalue weighted by Gasteiger charge is 2.25. The van der Waals surface area contributed by atoms with Crippen LogP contribution in [0.2, 0.25) is 0 Å². The summed E-state index contributed by atoms with van der Waals surface area (Å²) in [4.78, 5) is 26.5. The number of benzene rings is 2. The largest absolute Gasteiger partial charge is 0.494 e. The summed E-state index contributed by atoms with van der Waals surface area (Å²) in [6.45, 7) is 2.67. The average Bonchev–Trinajstić information content (AvgIpc) is 3.02. The van der Waals surface area contributed by atoms with E-state index in [1.165, 1.54) is 18.2 Å². The van der Waals surface area contributed by atoms with Gasteiger partial charge in [0.25, 0.3) is 5.69 Å². The predicted octanol–water partition coefficient (Wildman–Crippen LogP) is 3.73. The maximum atomic E-state index is 12.0. The van der Waals surface area contributed by atoms with Crippen LogP contribution in [0.25, 0.3) is 6.08 Å². The van der Waals surface area contributed by atoms with Gasteiger partial charge < -0.3 is 9.47 Å². The van der Waals surface area contributed by atoms with Crippen LogP contribution in [-0.4, -0.2) is 23.4 Å². The van der Waals surface area contributed by atoms with Gasteiger partial charge in [-0.15, -0.1) is 0 Å². The predicted molar refractivity (Wildman–Crippen MR) is 95.9 cm³/mol. The SMILES string of the molecule is CCCOc1ccc(C=C2N=C(c3cccc([N+](=O)[O-])c3)OC2=O)cc1. The molecule has 26 heavy (non-hydrogen) atoms. The number of hydrogen-bond acceptors (Lipinski definition) is 6. The summed E-state index contributed by atoms with van der Waals surface area (Å²) in [5.74, 6) is 0.203. The van der Waals surface area contributed by atoms with Crippen LogP contribution in [0.5, 0.6) is 5.75 Å². The van der Waals surface area contributed by atoms with Gasteiger partial charge in [0.1, 0.15) is 5.75 Å². The van der Waals surface area contributed by atoms with E-state index in [0.717, 1.165) is 17.7 Å². The number of ether oxygens (including phenoxy) is 2. The first-order valence-electron chi connectivity index (χ1n) is 8.07. The topological polar surface area (TPSA) is 91.0 Å². The molecule has 0 saturated heterocycles. The number of carbonyl (C=O) groups is 1. The van der Waals surface area contributed by atoms with E-state index in [4.69, 9.17) is 9.47 Å². The van der Waals surface area contributed by atoms with Crippen molar-refractivity contribution in [3.63, 3.8) is 0 Å². The van der Waals surface area contributed by atoms with Gasteiger partial charge in [-0.3, -0.25) is 10.1 Å². The zero-order valence-electron chi connectivity index (χ0n) is 14.0. The first kappa shape index (κ1) is 17.3. The molecule has 2 aromatic rings. The quantitative estimate of drug-likeness (QED) is 0.342. The standard InChI is InChI=1S/C19H16N2O5/c1-2-10-25-16-8-6-13(7-9-16)11-17-19(22)26-18(20-17)14-4-3-5-15(12-14)21(23)24/h3-9,11-12H,2,10H2,1H3.